The number of rotatable bonds is 10. The molecule has 1 atom stereocenters. The van der Waals surface area contributed by atoms with Crippen LogP contribution in [0.2, 0.25) is 0 Å². The molecule has 34 heavy (non-hydrogen) atoms. The molecule has 1 heterocycles. The third kappa shape index (κ3) is 6.27. The fourth-order valence-corrected chi connectivity index (χ4v) is 4.05. The highest BCUT2D eigenvalue weighted by molar-refractivity contribution is 6.23. The van der Waals surface area contributed by atoms with E-state index in [0.717, 1.165) is 31.2 Å². The highest BCUT2D eigenvalue weighted by Crippen LogP contribution is 2.33. The van der Waals surface area contributed by atoms with Gasteiger partial charge < -0.3 is 9.64 Å². The van der Waals surface area contributed by atoms with E-state index in [9.17, 15) is 22.8 Å². The van der Waals surface area contributed by atoms with Crippen molar-refractivity contribution in [3.63, 3.8) is 0 Å². The van der Waals surface area contributed by atoms with Crippen LogP contribution in [0.5, 0.6) is 0 Å². The van der Waals surface area contributed by atoms with Crippen molar-refractivity contribution in [2.24, 2.45) is 5.92 Å². The van der Waals surface area contributed by atoms with Crippen LogP contribution in [0.3, 0.4) is 0 Å². The maximum Gasteiger partial charge on any atom is 0.454 e. The lowest BCUT2D eigenvalue weighted by Gasteiger charge is -2.18. The summed E-state index contributed by atoms with van der Waals surface area (Å²) < 4.78 is 45.3. The summed E-state index contributed by atoms with van der Waals surface area (Å²) in [7, 11) is 0. The maximum absolute atomic E-state index is 13.3. The first-order valence-electron chi connectivity index (χ1n) is 11.7. The second-order valence-corrected chi connectivity index (χ2v) is 8.54. The van der Waals surface area contributed by atoms with Crippen LogP contribution in [0.15, 0.2) is 54.7 Å². The van der Waals surface area contributed by atoms with Crippen molar-refractivity contribution in [1.29, 1.82) is 0 Å². The standard InChI is InChI=1S/C27H30F3NO3/c1-3-5-9-19(4-2)18-34-26(33)22-12-13-24-21(16-22)14-15-31(24)17-23(25(32)27(28,29)30)20-10-7-6-8-11-20/h6-8,10-13,16-17,19H,3-5,9,14-15,18H2,1-2H3/b23-17-. The fourth-order valence-electron chi connectivity index (χ4n) is 4.05. The van der Waals surface area contributed by atoms with Crippen LogP contribution < -0.4 is 4.90 Å². The van der Waals surface area contributed by atoms with Gasteiger partial charge in [0.25, 0.3) is 5.78 Å². The number of nitrogens with zero attached hydrogens (tertiary/aromatic N) is 1. The summed E-state index contributed by atoms with van der Waals surface area (Å²) in [6.07, 6.45) is 0.981. The molecular formula is C27H30F3NO3. The van der Waals surface area contributed by atoms with Crippen LogP contribution in [0, 0.1) is 5.92 Å². The number of hydrogen-bond acceptors (Lipinski definition) is 4. The van der Waals surface area contributed by atoms with Crippen molar-refractivity contribution in [2.75, 3.05) is 18.1 Å². The number of Topliss-reactive ketones (excluding diaryl/α,β-unsaturated/α-hetero) is 1. The smallest absolute Gasteiger partial charge is 0.454 e. The number of carbonyl (C=O) groups excluding carboxylic acids is 2. The molecule has 1 aliphatic heterocycles. The van der Waals surface area contributed by atoms with Crippen molar-refractivity contribution in [3.05, 3.63) is 71.4 Å². The Kier molecular flexibility index (Phi) is 8.53. The number of unbranched alkanes of at least 4 members (excludes halogenated alkanes) is 1. The molecule has 0 saturated heterocycles. The lowest BCUT2D eigenvalue weighted by Crippen LogP contribution is -2.26. The summed E-state index contributed by atoms with van der Waals surface area (Å²) in [6, 6.07) is 12.9. The van der Waals surface area contributed by atoms with Gasteiger partial charge in [0.2, 0.25) is 0 Å². The van der Waals surface area contributed by atoms with E-state index in [2.05, 4.69) is 13.8 Å². The monoisotopic (exact) mass is 473 g/mol. The number of ether oxygens (including phenoxy) is 1. The van der Waals surface area contributed by atoms with Gasteiger partial charge in [-0.3, -0.25) is 4.79 Å². The largest absolute Gasteiger partial charge is 0.462 e. The molecular weight excluding hydrogens is 443 g/mol. The average Bonchev–Trinajstić information content (AvgIpc) is 3.24. The summed E-state index contributed by atoms with van der Waals surface area (Å²) in [4.78, 5) is 26.3. The van der Waals surface area contributed by atoms with Gasteiger partial charge in [0.05, 0.1) is 17.7 Å². The number of fused-ring (bicyclic) bond motifs is 1. The third-order valence-corrected chi connectivity index (χ3v) is 6.11. The number of halogens is 3. The number of esters is 1. The molecule has 0 spiro atoms. The number of alkyl halides is 3. The van der Waals surface area contributed by atoms with E-state index in [0.29, 0.717) is 36.7 Å². The van der Waals surface area contributed by atoms with Crippen molar-refractivity contribution in [2.45, 2.75) is 52.1 Å². The molecule has 0 radical (unpaired) electrons. The highest BCUT2D eigenvalue weighted by atomic mass is 19.4. The number of anilines is 1. The molecule has 1 aliphatic rings. The van der Waals surface area contributed by atoms with Gasteiger partial charge in [0.1, 0.15) is 0 Å². The number of allylic oxidation sites excluding steroid dienone is 1. The van der Waals surface area contributed by atoms with Gasteiger partial charge in [-0.05, 0) is 48.1 Å². The normalized spacial score (nSPS) is 14.6. The molecule has 0 amide bonds. The second-order valence-electron chi connectivity index (χ2n) is 8.54. The number of benzene rings is 2. The summed E-state index contributed by atoms with van der Waals surface area (Å²) >= 11 is 0. The minimum Gasteiger partial charge on any atom is -0.462 e. The molecule has 0 fully saturated rings. The predicted molar refractivity (Wildman–Crippen MR) is 127 cm³/mol. The zero-order chi connectivity index (χ0) is 24.7. The van der Waals surface area contributed by atoms with E-state index in [4.69, 9.17) is 4.74 Å². The summed E-state index contributed by atoms with van der Waals surface area (Å²) in [6.45, 7) is 4.99. The van der Waals surface area contributed by atoms with E-state index in [1.807, 2.05) is 0 Å². The first kappa shape index (κ1) is 25.5. The van der Waals surface area contributed by atoms with Gasteiger partial charge in [0, 0.05) is 18.4 Å². The Balaban J connectivity index is 1.79. The summed E-state index contributed by atoms with van der Waals surface area (Å²) in [5, 5.41) is 0. The lowest BCUT2D eigenvalue weighted by atomic mass is 10.0. The molecule has 2 aromatic rings. The van der Waals surface area contributed by atoms with Crippen molar-refractivity contribution in [1.82, 2.24) is 0 Å². The van der Waals surface area contributed by atoms with Crippen LogP contribution in [0.25, 0.3) is 5.57 Å². The maximum atomic E-state index is 13.3. The van der Waals surface area contributed by atoms with E-state index in [1.165, 1.54) is 18.3 Å². The van der Waals surface area contributed by atoms with E-state index >= 15 is 0 Å². The minimum atomic E-state index is -4.98. The number of carbonyl (C=O) groups is 2. The Labute approximate surface area is 198 Å². The van der Waals surface area contributed by atoms with Crippen LogP contribution in [0.1, 0.15) is 61.0 Å². The minimum absolute atomic E-state index is 0.201. The molecule has 0 aliphatic carbocycles. The summed E-state index contributed by atoms with van der Waals surface area (Å²) in [5.41, 5.74) is 1.71. The lowest BCUT2D eigenvalue weighted by molar-refractivity contribution is -0.164. The number of ketones is 1. The molecule has 0 saturated carbocycles. The predicted octanol–water partition coefficient (Wildman–Crippen LogP) is 6.59. The number of hydrogen-bond donors (Lipinski definition) is 0. The van der Waals surface area contributed by atoms with Gasteiger partial charge in [0.15, 0.2) is 0 Å². The Morgan fingerprint density at radius 3 is 2.47 bits per heavy atom. The van der Waals surface area contributed by atoms with E-state index in [-0.39, 0.29) is 5.56 Å². The van der Waals surface area contributed by atoms with Crippen LogP contribution in [-0.2, 0) is 16.0 Å². The van der Waals surface area contributed by atoms with Gasteiger partial charge in [-0.15, -0.1) is 0 Å². The third-order valence-electron chi connectivity index (χ3n) is 6.11. The van der Waals surface area contributed by atoms with Crippen molar-refractivity contribution >= 4 is 23.0 Å². The highest BCUT2D eigenvalue weighted by Gasteiger charge is 2.41. The quantitative estimate of drug-likeness (QED) is 0.288. The molecule has 2 aromatic carbocycles. The average molecular weight is 474 g/mol. The molecule has 4 nitrogen and oxygen atoms in total. The van der Waals surface area contributed by atoms with E-state index in [1.54, 1.807) is 41.3 Å². The van der Waals surface area contributed by atoms with Crippen LogP contribution >= 0.6 is 0 Å². The van der Waals surface area contributed by atoms with Crippen LogP contribution in [-0.4, -0.2) is 31.1 Å². The van der Waals surface area contributed by atoms with Gasteiger partial charge in [-0.1, -0.05) is 63.4 Å². The van der Waals surface area contributed by atoms with Crippen LogP contribution in [0.4, 0.5) is 18.9 Å². The Morgan fingerprint density at radius 1 is 1.09 bits per heavy atom. The van der Waals surface area contributed by atoms with E-state index < -0.39 is 23.5 Å². The first-order chi connectivity index (χ1) is 16.2. The molecule has 7 heteroatoms. The van der Waals surface area contributed by atoms with Crippen molar-refractivity contribution < 1.29 is 27.5 Å². The zero-order valence-corrected chi connectivity index (χ0v) is 19.5. The SMILES string of the molecule is CCCCC(CC)COC(=O)c1ccc2c(c1)CCN2/C=C(\C(=O)C(F)(F)F)c1ccccc1. The molecule has 0 bridgehead atoms. The zero-order valence-electron chi connectivity index (χ0n) is 19.5. The molecule has 1 unspecified atom stereocenters. The molecule has 0 N–H and O–H groups in total. The van der Waals surface area contributed by atoms with Gasteiger partial charge in [-0.2, -0.15) is 13.2 Å². The molecule has 3 rings (SSSR count). The Morgan fingerprint density at radius 2 is 1.82 bits per heavy atom. The Hall–Kier alpha value is -3.09. The Bertz CT molecular complexity index is 1030. The van der Waals surface area contributed by atoms with Crippen molar-refractivity contribution in [3.8, 4) is 0 Å². The van der Waals surface area contributed by atoms with Gasteiger partial charge >= 0.3 is 12.1 Å². The topological polar surface area (TPSA) is 46.6 Å². The molecule has 182 valence electrons. The van der Waals surface area contributed by atoms with Gasteiger partial charge in [-0.25, -0.2) is 4.79 Å². The summed E-state index contributed by atoms with van der Waals surface area (Å²) in [5.74, 6) is -1.95. The second kappa shape index (κ2) is 11.4. The molecule has 0 aromatic heterocycles. The fraction of sp³-hybridized carbons (Fsp3) is 0.407. The first-order valence-corrected chi connectivity index (χ1v) is 11.7.